The first-order valence-corrected chi connectivity index (χ1v) is 4.43. The predicted molar refractivity (Wildman–Crippen MR) is 54.1 cm³/mol. The third-order valence-corrected chi connectivity index (χ3v) is 2.12. The van der Waals surface area contributed by atoms with Gasteiger partial charge in [-0.1, -0.05) is 6.07 Å². The Morgan fingerprint density at radius 1 is 1.50 bits per heavy atom. The monoisotopic (exact) mass is 220 g/mol. The molecule has 82 valence electrons. The number of fused-ring (bicyclic) bond motifs is 1. The molecule has 1 aromatic heterocycles. The van der Waals surface area contributed by atoms with Crippen LogP contribution in [0.5, 0.6) is 5.88 Å². The molecule has 0 aliphatic rings. The SMILES string of the molecule is COC(=O)c1cccc2[nH]nc(OC=O)c12. The van der Waals surface area contributed by atoms with E-state index >= 15 is 0 Å². The van der Waals surface area contributed by atoms with E-state index in [0.717, 1.165) is 0 Å². The first-order valence-electron chi connectivity index (χ1n) is 4.43. The fraction of sp³-hybridized carbons (Fsp3) is 0.100. The third kappa shape index (κ3) is 1.50. The summed E-state index contributed by atoms with van der Waals surface area (Å²) in [6.07, 6.45) is 0. The number of rotatable bonds is 3. The highest BCUT2D eigenvalue weighted by Gasteiger charge is 2.16. The van der Waals surface area contributed by atoms with Crippen molar-refractivity contribution in [3.05, 3.63) is 23.8 Å². The molecule has 0 saturated heterocycles. The van der Waals surface area contributed by atoms with Crippen LogP contribution in [-0.4, -0.2) is 29.7 Å². The Labute approximate surface area is 90.2 Å². The summed E-state index contributed by atoms with van der Waals surface area (Å²) in [6.45, 7) is 0.254. The van der Waals surface area contributed by atoms with E-state index in [2.05, 4.69) is 19.7 Å². The number of ether oxygens (including phenoxy) is 2. The summed E-state index contributed by atoms with van der Waals surface area (Å²) in [4.78, 5) is 21.7. The van der Waals surface area contributed by atoms with Crippen LogP contribution in [0, 0.1) is 0 Å². The molecule has 2 rings (SSSR count). The molecule has 0 unspecified atom stereocenters. The van der Waals surface area contributed by atoms with Crippen molar-refractivity contribution in [3.8, 4) is 5.88 Å². The van der Waals surface area contributed by atoms with Crippen LogP contribution in [0.15, 0.2) is 18.2 Å². The topological polar surface area (TPSA) is 81.3 Å². The van der Waals surface area contributed by atoms with Crippen molar-refractivity contribution in [1.82, 2.24) is 10.2 Å². The van der Waals surface area contributed by atoms with Crippen LogP contribution in [0.25, 0.3) is 10.9 Å². The molecule has 1 N–H and O–H groups in total. The third-order valence-electron chi connectivity index (χ3n) is 2.12. The van der Waals surface area contributed by atoms with Gasteiger partial charge in [-0.2, -0.15) is 0 Å². The van der Waals surface area contributed by atoms with Crippen molar-refractivity contribution in [2.75, 3.05) is 7.11 Å². The first-order chi connectivity index (χ1) is 7.77. The second kappa shape index (κ2) is 4.01. The summed E-state index contributed by atoms with van der Waals surface area (Å²) in [5, 5.41) is 6.86. The van der Waals surface area contributed by atoms with Crippen LogP contribution in [0.1, 0.15) is 10.4 Å². The summed E-state index contributed by atoms with van der Waals surface area (Å²) in [7, 11) is 1.28. The lowest BCUT2D eigenvalue weighted by Crippen LogP contribution is -2.02. The second-order valence-electron chi connectivity index (χ2n) is 2.96. The number of H-pyrrole nitrogens is 1. The first kappa shape index (κ1) is 10.2. The van der Waals surface area contributed by atoms with Gasteiger partial charge >= 0.3 is 5.97 Å². The molecule has 1 heterocycles. The van der Waals surface area contributed by atoms with Crippen LogP contribution in [0.4, 0.5) is 0 Å². The highest BCUT2D eigenvalue weighted by atomic mass is 16.5. The highest BCUT2D eigenvalue weighted by Crippen LogP contribution is 2.26. The van der Waals surface area contributed by atoms with Crippen LogP contribution in [0.2, 0.25) is 0 Å². The molecule has 0 saturated carbocycles. The Balaban J connectivity index is 2.67. The number of esters is 1. The average molecular weight is 220 g/mol. The average Bonchev–Trinajstić information content (AvgIpc) is 2.72. The number of nitrogens with one attached hydrogen (secondary N) is 1. The Kier molecular flexibility index (Phi) is 2.55. The van der Waals surface area contributed by atoms with Crippen molar-refractivity contribution >= 4 is 23.3 Å². The molecule has 0 aliphatic heterocycles. The highest BCUT2D eigenvalue weighted by molar-refractivity contribution is 6.05. The summed E-state index contributed by atoms with van der Waals surface area (Å²) < 4.78 is 9.29. The molecular weight excluding hydrogens is 212 g/mol. The van der Waals surface area contributed by atoms with E-state index in [1.807, 2.05) is 0 Å². The summed E-state index contributed by atoms with van der Waals surface area (Å²) in [5.41, 5.74) is 0.894. The van der Waals surface area contributed by atoms with Crippen molar-refractivity contribution < 1.29 is 19.1 Å². The van der Waals surface area contributed by atoms with Gasteiger partial charge in [0, 0.05) is 0 Å². The number of aromatic amines is 1. The summed E-state index contributed by atoms with van der Waals surface area (Å²) in [6, 6.07) is 4.96. The van der Waals surface area contributed by atoms with Crippen LogP contribution in [-0.2, 0) is 9.53 Å². The normalized spacial score (nSPS) is 10.1. The molecule has 1 aromatic carbocycles. The van der Waals surface area contributed by atoms with Gasteiger partial charge in [-0.15, -0.1) is 5.10 Å². The molecule has 2 aromatic rings. The standard InChI is InChI=1S/C10H8N2O4/c1-15-10(14)6-3-2-4-7-8(6)9(12-11-7)16-5-13/h2-5H,1H3,(H,11,12). The number of carbonyl (C=O) groups is 2. The molecule has 0 radical (unpaired) electrons. The van der Waals surface area contributed by atoms with Gasteiger partial charge in [-0.25, -0.2) is 4.79 Å². The minimum Gasteiger partial charge on any atom is -0.465 e. The maximum atomic E-state index is 11.5. The zero-order valence-electron chi connectivity index (χ0n) is 8.39. The summed E-state index contributed by atoms with van der Waals surface area (Å²) >= 11 is 0. The Morgan fingerprint density at radius 3 is 3.00 bits per heavy atom. The fourth-order valence-corrected chi connectivity index (χ4v) is 1.45. The molecule has 0 aliphatic carbocycles. The van der Waals surface area contributed by atoms with E-state index < -0.39 is 5.97 Å². The minimum absolute atomic E-state index is 0.0611. The number of carbonyl (C=O) groups excluding carboxylic acids is 2. The van der Waals surface area contributed by atoms with Gasteiger partial charge in [0.05, 0.1) is 23.6 Å². The zero-order valence-corrected chi connectivity index (χ0v) is 8.39. The lowest BCUT2D eigenvalue weighted by atomic mass is 10.1. The fourth-order valence-electron chi connectivity index (χ4n) is 1.45. The van der Waals surface area contributed by atoms with Gasteiger partial charge < -0.3 is 9.47 Å². The van der Waals surface area contributed by atoms with Gasteiger partial charge in [0.25, 0.3) is 6.47 Å². The molecule has 16 heavy (non-hydrogen) atoms. The van der Waals surface area contributed by atoms with Crippen molar-refractivity contribution in [1.29, 1.82) is 0 Å². The molecule has 6 nitrogen and oxygen atoms in total. The van der Waals surface area contributed by atoms with E-state index in [1.165, 1.54) is 7.11 Å². The van der Waals surface area contributed by atoms with Crippen LogP contribution < -0.4 is 4.74 Å². The molecule has 0 spiro atoms. The Hall–Kier alpha value is -2.37. The molecular formula is C10H8N2O4. The van der Waals surface area contributed by atoms with Gasteiger partial charge in [0.1, 0.15) is 0 Å². The van der Waals surface area contributed by atoms with E-state index in [4.69, 9.17) is 0 Å². The van der Waals surface area contributed by atoms with Crippen molar-refractivity contribution in [2.45, 2.75) is 0 Å². The van der Waals surface area contributed by atoms with Gasteiger partial charge in [0.15, 0.2) is 0 Å². The number of hydrogen-bond donors (Lipinski definition) is 1. The minimum atomic E-state index is -0.511. The van der Waals surface area contributed by atoms with E-state index in [-0.39, 0.29) is 12.4 Å². The number of benzene rings is 1. The molecule has 6 heteroatoms. The number of hydrogen-bond acceptors (Lipinski definition) is 5. The Morgan fingerprint density at radius 2 is 2.31 bits per heavy atom. The predicted octanol–water partition coefficient (Wildman–Crippen LogP) is 0.885. The van der Waals surface area contributed by atoms with Crippen molar-refractivity contribution in [3.63, 3.8) is 0 Å². The molecule has 0 atom stereocenters. The van der Waals surface area contributed by atoms with E-state index in [9.17, 15) is 9.59 Å². The lowest BCUT2D eigenvalue weighted by molar-refractivity contribution is -0.120. The van der Waals surface area contributed by atoms with Crippen LogP contribution >= 0.6 is 0 Å². The molecule has 0 bridgehead atoms. The number of aromatic nitrogens is 2. The zero-order chi connectivity index (χ0) is 11.5. The smallest absolute Gasteiger partial charge is 0.338 e. The van der Waals surface area contributed by atoms with Crippen LogP contribution in [0.3, 0.4) is 0 Å². The Bertz CT molecular complexity index is 547. The van der Waals surface area contributed by atoms with Gasteiger partial charge in [-0.05, 0) is 12.1 Å². The number of methoxy groups -OCH3 is 1. The largest absolute Gasteiger partial charge is 0.465 e. The van der Waals surface area contributed by atoms with E-state index in [1.54, 1.807) is 18.2 Å². The maximum absolute atomic E-state index is 11.5. The van der Waals surface area contributed by atoms with E-state index in [0.29, 0.717) is 16.5 Å². The lowest BCUT2D eigenvalue weighted by Gasteiger charge is -2.01. The van der Waals surface area contributed by atoms with Crippen molar-refractivity contribution in [2.24, 2.45) is 0 Å². The second-order valence-corrected chi connectivity index (χ2v) is 2.96. The quantitative estimate of drug-likeness (QED) is 0.613. The maximum Gasteiger partial charge on any atom is 0.338 e. The summed E-state index contributed by atoms with van der Waals surface area (Å²) in [5.74, 6) is -0.450. The number of nitrogens with zero attached hydrogens (tertiary/aromatic N) is 1. The molecule has 0 amide bonds. The van der Waals surface area contributed by atoms with Gasteiger partial charge in [-0.3, -0.25) is 9.89 Å². The van der Waals surface area contributed by atoms with Gasteiger partial charge in [0.2, 0.25) is 5.88 Å². The molecule has 0 fully saturated rings.